The molecule has 0 bridgehead atoms. The first kappa shape index (κ1) is 43.5. The third kappa shape index (κ3) is 9.68. The monoisotopic (exact) mass is 862 g/mol. The van der Waals surface area contributed by atoms with E-state index in [2.05, 4.69) is 41.4 Å². The second-order valence-corrected chi connectivity index (χ2v) is 13.7. The van der Waals surface area contributed by atoms with Gasteiger partial charge in [0.25, 0.3) is 11.8 Å². The average Bonchev–Trinajstić information content (AvgIpc) is 3.88. The number of hydrogen-bond donors (Lipinski definition) is 4. The second-order valence-electron chi connectivity index (χ2n) is 12.9. The predicted molar refractivity (Wildman–Crippen MR) is 232 cm³/mol. The van der Waals surface area contributed by atoms with Gasteiger partial charge in [0.1, 0.15) is 44.8 Å². The summed E-state index contributed by atoms with van der Waals surface area (Å²) < 4.78 is 24.9. The Morgan fingerprint density at radius 1 is 0.633 bits per heavy atom. The van der Waals surface area contributed by atoms with Gasteiger partial charge >= 0.3 is 0 Å². The van der Waals surface area contributed by atoms with E-state index in [1.54, 1.807) is 83.7 Å². The number of nitrogens with zero attached hydrogens (tertiary/aromatic N) is 8. The number of nitrogens with one attached hydrogen (secondary N) is 4. The van der Waals surface area contributed by atoms with Crippen LogP contribution in [-0.4, -0.2) is 132 Å². The summed E-state index contributed by atoms with van der Waals surface area (Å²) in [5.74, 6) is 3.58. The minimum absolute atomic E-state index is 0.0406. The van der Waals surface area contributed by atoms with Gasteiger partial charge in [-0.1, -0.05) is 37.0 Å². The van der Waals surface area contributed by atoms with E-state index in [-0.39, 0.29) is 11.8 Å². The van der Waals surface area contributed by atoms with Crippen LogP contribution in [0.2, 0.25) is 10.0 Å². The number of fused-ring (bicyclic) bond motifs is 2. The van der Waals surface area contributed by atoms with Crippen molar-refractivity contribution >= 4 is 81.0 Å². The summed E-state index contributed by atoms with van der Waals surface area (Å²) in [6.45, 7) is 8.57. The van der Waals surface area contributed by atoms with Crippen LogP contribution in [0.5, 0.6) is 11.5 Å². The summed E-state index contributed by atoms with van der Waals surface area (Å²) in [6, 6.07) is 14.2. The van der Waals surface area contributed by atoms with Gasteiger partial charge in [-0.2, -0.15) is 19.2 Å². The lowest BCUT2D eigenvalue weighted by molar-refractivity contribution is 0.0301. The van der Waals surface area contributed by atoms with Crippen molar-refractivity contribution in [1.82, 2.24) is 39.0 Å². The van der Waals surface area contributed by atoms with Crippen LogP contribution >= 0.6 is 23.2 Å². The van der Waals surface area contributed by atoms with Crippen LogP contribution in [0.15, 0.2) is 60.9 Å². The van der Waals surface area contributed by atoms with Crippen LogP contribution < -0.4 is 30.7 Å². The number of amides is 2. The molecular weight excluding hydrogens is 815 g/mol. The van der Waals surface area contributed by atoms with Crippen molar-refractivity contribution in [3.05, 3.63) is 82.1 Å². The maximum Gasteiger partial charge on any atom is 0.254 e. The first-order valence-corrected chi connectivity index (χ1v) is 20.0. The molecular formula is C40H48Cl2N12O6. The molecule has 6 heterocycles. The first-order chi connectivity index (χ1) is 29.2. The van der Waals surface area contributed by atoms with E-state index in [4.69, 9.17) is 42.1 Å². The maximum absolute atomic E-state index is 12.7. The molecule has 2 amide bonds. The number of hydrogen-bond acceptors (Lipinski definition) is 14. The number of anilines is 6. The molecule has 6 aromatic rings. The zero-order valence-corrected chi connectivity index (χ0v) is 35.7. The van der Waals surface area contributed by atoms with Crippen LogP contribution in [0.1, 0.15) is 34.6 Å². The first-order valence-electron chi connectivity index (χ1n) is 19.3. The minimum Gasteiger partial charge on any atom is -0.495 e. The number of morpholine rings is 2. The van der Waals surface area contributed by atoms with Crippen molar-refractivity contribution < 1.29 is 28.5 Å². The standard InChI is InChI=1S/2C19H21ClN6O3.C2H6/c1-21-17-10-16(24-18-13(20)11-22-26(17)18)23-14-4-3-12(9-15(14)28-2)19(27)25-5-7-29-8-6-25;1-21-16-10-17(26-18(24-16)13(20)11-22-26)23-14-4-3-12(9-15(14)28-2)19(27)25-5-7-29-8-6-25;1-2/h3-4,9-11,21H,5-8H2,1-2H3,(H,23,24);3-4,9-11,23H,5-8H2,1-2H3,(H,21,24);1-2H3. The Hall–Kier alpha value is -6.08. The third-order valence-corrected chi connectivity index (χ3v) is 9.92. The molecule has 0 spiro atoms. The molecule has 2 aliphatic rings. The fourth-order valence-corrected chi connectivity index (χ4v) is 6.69. The normalized spacial score (nSPS) is 13.7. The van der Waals surface area contributed by atoms with Crippen molar-refractivity contribution in [3.63, 3.8) is 0 Å². The number of aromatic nitrogens is 6. The third-order valence-electron chi connectivity index (χ3n) is 9.39. The fraction of sp³-hybridized carbons (Fsp3) is 0.350. The molecule has 318 valence electrons. The molecule has 0 unspecified atom stereocenters. The molecule has 0 saturated carbocycles. The molecule has 4 aromatic heterocycles. The molecule has 18 nitrogen and oxygen atoms in total. The van der Waals surface area contributed by atoms with E-state index in [1.165, 1.54) is 6.20 Å². The largest absolute Gasteiger partial charge is 0.495 e. The van der Waals surface area contributed by atoms with Gasteiger partial charge in [0.05, 0.1) is 64.4 Å². The molecule has 0 radical (unpaired) electrons. The lowest BCUT2D eigenvalue weighted by Gasteiger charge is -2.27. The molecule has 8 rings (SSSR count). The van der Waals surface area contributed by atoms with E-state index in [9.17, 15) is 9.59 Å². The van der Waals surface area contributed by atoms with E-state index in [0.29, 0.717) is 125 Å². The molecule has 60 heavy (non-hydrogen) atoms. The molecule has 4 N–H and O–H groups in total. The highest BCUT2D eigenvalue weighted by Crippen LogP contribution is 2.33. The molecule has 0 aliphatic carbocycles. The molecule has 0 atom stereocenters. The number of benzene rings is 2. The summed E-state index contributed by atoms with van der Waals surface area (Å²) >= 11 is 12.4. The zero-order valence-electron chi connectivity index (χ0n) is 34.2. The predicted octanol–water partition coefficient (Wildman–Crippen LogP) is 6.32. The Bertz CT molecular complexity index is 2430. The van der Waals surface area contributed by atoms with Gasteiger partial charge < -0.3 is 50.0 Å². The van der Waals surface area contributed by atoms with Crippen molar-refractivity contribution in [2.45, 2.75) is 13.8 Å². The van der Waals surface area contributed by atoms with E-state index in [0.717, 1.165) is 5.82 Å². The second kappa shape index (κ2) is 20.3. The highest BCUT2D eigenvalue weighted by molar-refractivity contribution is 6.33. The Labute approximate surface area is 357 Å². The topological polar surface area (TPSA) is 186 Å². The van der Waals surface area contributed by atoms with Gasteiger partial charge in [-0.25, -0.2) is 9.97 Å². The number of rotatable bonds is 10. The van der Waals surface area contributed by atoms with Gasteiger partial charge in [0.2, 0.25) is 0 Å². The Kier molecular flexibility index (Phi) is 14.7. The molecule has 20 heteroatoms. The van der Waals surface area contributed by atoms with Crippen molar-refractivity contribution in [1.29, 1.82) is 0 Å². The highest BCUT2D eigenvalue weighted by Gasteiger charge is 2.22. The molecule has 2 aliphatic heterocycles. The summed E-state index contributed by atoms with van der Waals surface area (Å²) in [7, 11) is 6.70. The Balaban J connectivity index is 0.000000193. The van der Waals surface area contributed by atoms with E-state index >= 15 is 0 Å². The van der Waals surface area contributed by atoms with Crippen LogP contribution in [0.3, 0.4) is 0 Å². The van der Waals surface area contributed by atoms with Gasteiger partial charge in [-0.05, 0) is 36.4 Å². The van der Waals surface area contributed by atoms with E-state index < -0.39 is 0 Å². The van der Waals surface area contributed by atoms with Crippen LogP contribution in [0.4, 0.5) is 34.6 Å². The molecule has 2 aromatic carbocycles. The van der Waals surface area contributed by atoms with Crippen molar-refractivity contribution in [2.75, 3.05) is 102 Å². The Morgan fingerprint density at radius 3 is 1.55 bits per heavy atom. The van der Waals surface area contributed by atoms with Gasteiger partial charge in [-0.3, -0.25) is 9.59 Å². The van der Waals surface area contributed by atoms with Crippen LogP contribution in [0, 0.1) is 0 Å². The van der Waals surface area contributed by atoms with Crippen LogP contribution in [-0.2, 0) is 9.47 Å². The Morgan fingerprint density at radius 2 is 1.08 bits per heavy atom. The lowest BCUT2D eigenvalue weighted by atomic mass is 10.1. The number of ether oxygens (including phenoxy) is 4. The van der Waals surface area contributed by atoms with Crippen LogP contribution in [0.25, 0.3) is 11.3 Å². The number of carbonyl (C=O) groups excluding carboxylic acids is 2. The molecule has 2 saturated heterocycles. The highest BCUT2D eigenvalue weighted by atomic mass is 35.5. The number of carbonyl (C=O) groups is 2. The summed E-state index contributed by atoms with van der Waals surface area (Å²) in [5.41, 5.74) is 3.55. The SMILES string of the molecule is CC.CNc1cc(Nc2ccc(C(=O)N3CCOCC3)cc2OC)n2ncc(Cl)c2n1.CNc1cc(Nc2ccc(C(=O)N3CCOCC3)cc2OC)nc2c(Cl)cnn12. The van der Waals surface area contributed by atoms with Gasteiger partial charge in [-0.15, -0.1) is 0 Å². The summed E-state index contributed by atoms with van der Waals surface area (Å²) in [4.78, 5) is 38.0. The maximum atomic E-state index is 12.7. The molecule has 2 fully saturated rings. The average molecular weight is 864 g/mol. The minimum atomic E-state index is -0.0409. The number of halogens is 2. The van der Waals surface area contributed by atoms with Crippen molar-refractivity contribution in [3.8, 4) is 11.5 Å². The van der Waals surface area contributed by atoms with Gasteiger partial charge in [0.15, 0.2) is 11.3 Å². The summed E-state index contributed by atoms with van der Waals surface area (Å²) in [5, 5.41) is 22.0. The zero-order chi connectivity index (χ0) is 42.8. The quantitative estimate of drug-likeness (QED) is 0.120. The van der Waals surface area contributed by atoms with Gasteiger partial charge in [0, 0.05) is 63.5 Å². The fourth-order valence-electron chi connectivity index (χ4n) is 6.36. The van der Waals surface area contributed by atoms with E-state index in [1.807, 2.05) is 32.0 Å². The summed E-state index contributed by atoms with van der Waals surface area (Å²) in [6.07, 6.45) is 3.08. The lowest BCUT2D eigenvalue weighted by Crippen LogP contribution is -2.40. The van der Waals surface area contributed by atoms with Crippen molar-refractivity contribution in [2.24, 2.45) is 0 Å². The smallest absolute Gasteiger partial charge is 0.254 e. The number of methoxy groups -OCH3 is 2.